The predicted molar refractivity (Wildman–Crippen MR) is 134 cm³/mol. The average molecular weight is 477 g/mol. The fraction of sp³-hybridized carbons (Fsp3) is 0.192. The van der Waals surface area contributed by atoms with Gasteiger partial charge in [-0.05, 0) is 30.5 Å². The Morgan fingerprint density at radius 1 is 1.12 bits per heavy atom. The quantitative estimate of drug-likeness (QED) is 0.224. The molecule has 0 aliphatic carbocycles. The van der Waals surface area contributed by atoms with Gasteiger partial charge in [-0.2, -0.15) is 0 Å². The minimum atomic E-state index is -0.439. The van der Waals surface area contributed by atoms with Crippen LogP contribution < -0.4 is 9.64 Å². The maximum atomic E-state index is 13.9. The Labute approximate surface area is 202 Å². The van der Waals surface area contributed by atoms with E-state index in [2.05, 4.69) is 16.8 Å². The van der Waals surface area contributed by atoms with Crippen LogP contribution >= 0.6 is 11.8 Å². The smallest absolute Gasteiger partial charge is 0.237 e. The van der Waals surface area contributed by atoms with E-state index in [1.807, 2.05) is 54.0 Å². The van der Waals surface area contributed by atoms with Gasteiger partial charge in [0.05, 0.1) is 11.4 Å². The summed E-state index contributed by atoms with van der Waals surface area (Å²) < 4.78 is 21.3. The van der Waals surface area contributed by atoms with Crippen LogP contribution in [0.4, 0.5) is 10.1 Å². The van der Waals surface area contributed by atoms with E-state index in [4.69, 9.17) is 4.74 Å². The standard InChI is InChI=1S/C26H25FN4O2S/c1-3-16-31-24(17-33-23-15-8-7-13-21(23)27)28-29-26(31)34-18-25(32)30(4-2)22-14-9-11-19-10-5-6-12-20(19)22/h3,5-15H,1,4,16-18H2,2H3. The summed E-state index contributed by atoms with van der Waals surface area (Å²) in [5, 5.41) is 11.1. The van der Waals surface area contributed by atoms with Gasteiger partial charge in [-0.3, -0.25) is 9.36 Å². The van der Waals surface area contributed by atoms with Gasteiger partial charge < -0.3 is 9.64 Å². The molecule has 0 saturated carbocycles. The number of fused-ring (bicyclic) bond motifs is 1. The maximum Gasteiger partial charge on any atom is 0.237 e. The van der Waals surface area contributed by atoms with E-state index in [1.54, 1.807) is 29.2 Å². The lowest BCUT2D eigenvalue weighted by molar-refractivity contribution is -0.116. The third-order valence-electron chi connectivity index (χ3n) is 5.30. The summed E-state index contributed by atoms with van der Waals surface area (Å²) in [7, 11) is 0. The number of rotatable bonds is 10. The number of ether oxygens (including phenoxy) is 1. The molecule has 0 bridgehead atoms. The number of hydrogen-bond acceptors (Lipinski definition) is 5. The first-order chi connectivity index (χ1) is 16.6. The molecule has 0 radical (unpaired) electrons. The normalized spacial score (nSPS) is 10.9. The van der Waals surface area contributed by atoms with Crippen molar-refractivity contribution in [1.29, 1.82) is 0 Å². The molecule has 0 spiro atoms. The van der Waals surface area contributed by atoms with E-state index < -0.39 is 5.82 Å². The number of para-hydroxylation sites is 1. The molecule has 0 aliphatic heterocycles. The average Bonchev–Trinajstić information content (AvgIpc) is 3.24. The number of anilines is 1. The molecule has 0 atom stereocenters. The third kappa shape index (κ3) is 5.12. The first-order valence-electron chi connectivity index (χ1n) is 10.9. The number of amides is 1. The van der Waals surface area contributed by atoms with Crippen LogP contribution in [-0.4, -0.2) is 33.0 Å². The van der Waals surface area contributed by atoms with E-state index in [-0.39, 0.29) is 24.0 Å². The number of benzene rings is 3. The fourth-order valence-electron chi connectivity index (χ4n) is 3.68. The fourth-order valence-corrected chi connectivity index (χ4v) is 4.52. The van der Waals surface area contributed by atoms with E-state index in [9.17, 15) is 9.18 Å². The molecule has 0 N–H and O–H groups in total. The molecule has 0 unspecified atom stereocenters. The number of hydrogen-bond donors (Lipinski definition) is 0. The molecule has 4 aromatic rings. The molecule has 3 aromatic carbocycles. The highest BCUT2D eigenvalue weighted by Crippen LogP contribution is 2.28. The zero-order chi connectivity index (χ0) is 23.9. The van der Waals surface area contributed by atoms with Crippen LogP contribution in [0.5, 0.6) is 5.75 Å². The Morgan fingerprint density at radius 2 is 1.88 bits per heavy atom. The van der Waals surface area contributed by atoms with Crippen molar-refractivity contribution in [2.75, 3.05) is 17.2 Å². The molecule has 1 heterocycles. The van der Waals surface area contributed by atoms with Gasteiger partial charge in [-0.1, -0.05) is 66.4 Å². The summed E-state index contributed by atoms with van der Waals surface area (Å²) in [6.45, 7) is 6.80. The molecule has 174 valence electrons. The summed E-state index contributed by atoms with van der Waals surface area (Å²) in [4.78, 5) is 15.0. The van der Waals surface area contributed by atoms with E-state index in [0.717, 1.165) is 16.5 Å². The van der Waals surface area contributed by atoms with E-state index >= 15 is 0 Å². The van der Waals surface area contributed by atoms with Crippen molar-refractivity contribution >= 4 is 34.1 Å². The SMILES string of the molecule is C=CCn1c(COc2ccccc2F)nnc1SCC(=O)N(CC)c1cccc2ccccc12. The van der Waals surface area contributed by atoms with Gasteiger partial charge in [0.2, 0.25) is 5.91 Å². The number of aromatic nitrogens is 3. The van der Waals surface area contributed by atoms with Crippen molar-refractivity contribution < 1.29 is 13.9 Å². The van der Waals surface area contributed by atoms with Crippen molar-refractivity contribution in [3.05, 3.63) is 91.0 Å². The molecule has 6 nitrogen and oxygen atoms in total. The lowest BCUT2D eigenvalue weighted by Gasteiger charge is -2.22. The predicted octanol–water partition coefficient (Wildman–Crippen LogP) is 5.48. The van der Waals surface area contributed by atoms with Crippen LogP contribution in [0.1, 0.15) is 12.7 Å². The van der Waals surface area contributed by atoms with Crippen molar-refractivity contribution in [1.82, 2.24) is 14.8 Å². The third-order valence-corrected chi connectivity index (χ3v) is 6.25. The molecule has 1 aromatic heterocycles. The van der Waals surface area contributed by atoms with Crippen molar-refractivity contribution in [3.63, 3.8) is 0 Å². The summed E-state index contributed by atoms with van der Waals surface area (Å²) in [5.41, 5.74) is 0.887. The summed E-state index contributed by atoms with van der Waals surface area (Å²) in [5.74, 6) is 0.403. The zero-order valence-electron chi connectivity index (χ0n) is 18.9. The Hall–Kier alpha value is -3.65. The zero-order valence-corrected chi connectivity index (χ0v) is 19.7. The lowest BCUT2D eigenvalue weighted by Crippen LogP contribution is -2.32. The second-order valence-electron chi connectivity index (χ2n) is 7.44. The highest BCUT2D eigenvalue weighted by atomic mass is 32.2. The summed E-state index contributed by atoms with van der Waals surface area (Å²) in [6, 6.07) is 20.2. The lowest BCUT2D eigenvalue weighted by atomic mass is 10.1. The van der Waals surface area contributed by atoms with Gasteiger partial charge in [-0.25, -0.2) is 4.39 Å². The van der Waals surface area contributed by atoms with Gasteiger partial charge in [0.1, 0.15) is 6.61 Å². The molecule has 1 amide bonds. The van der Waals surface area contributed by atoms with E-state index in [0.29, 0.717) is 24.1 Å². The summed E-state index contributed by atoms with van der Waals surface area (Å²) >= 11 is 1.31. The van der Waals surface area contributed by atoms with Crippen LogP contribution in [0.2, 0.25) is 0 Å². The number of carbonyl (C=O) groups is 1. The molecular formula is C26H25FN4O2S. The topological polar surface area (TPSA) is 60.2 Å². The highest BCUT2D eigenvalue weighted by molar-refractivity contribution is 7.99. The van der Waals surface area contributed by atoms with Crippen molar-refractivity contribution in [2.24, 2.45) is 0 Å². The van der Waals surface area contributed by atoms with Crippen molar-refractivity contribution in [2.45, 2.75) is 25.2 Å². The summed E-state index contributed by atoms with van der Waals surface area (Å²) in [6.07, 6.45) is 1.72. The first kappa shape index (κ1) is 23.5. The van der Waals surface area contributed by atoms with Crippen LogP contribution in [0.15, 0.2) is 84.5 Å². The van der Waals surface area contributed by atoms with Crippen LogP contribution in [0.25, 0.3) is 10.8 Å². The molecular weight excluding hydrogens is 451 g/mol. The second kappa shape index (κ2) is 11.0. The first-order valence-corrected chi connectivity index (χ1v) is 11.9. The molecule has 0 fully saturated rings. The molecule has 4 rings (SSSR count). The Morgan fingerprint density at radius 3 is 2.68 bits per heavy atom. The number of halogens is 1. The number of thioether (sulfide) groups is 1. The van der Waals surface area contributed by atoms with Gasteiger partial charge in [0.15, 0.2) is 22.5 Å². The van der Waals surface area contributed by atoms with E-state index in [1.165, 1.54) is 17.8 Å². The Bertz CT molecular complexity index is 1300. The van der Waals surface area contributed by atoms with Gasteiger partial charge in [0, 0.05) is 18.5 Å². The van der Waals surface area contributed by atoms with Crippen LogP contribution in [0.3, 0.4) is 0 Å². The second-order valence-corrected chi connectivity index (χ2v) is 8.38. The molecule has 0 aliphatic rings. The largest absolute Gasteiger partial charge is 0.483 e. The number of allylic oxidation sites excluding steroid dienone is 1. The number of nitrogens with zero attached hydrogens (tertiary/aromatic N) is 4. The molecule has 0 saturated heterocycles. The number of carbonyl (C=O) groups excluding carboxylic acids is 1. The maximum absolute atomic E-state index is 13.9. The molecule has 8 heteroatoms. The highest BCUT2D eigenvalue weighted by Gasteiger charge is 2.19. The Balaban J connectivity index is 1.48. The van der Waals surface area contributed by atoms with Gasteiger partial charge in [-0.15, -0.1) is 16.8 Å². The molecule has 34 heavy (non-hydrogen) atoms. The van der Waals surface area contributed by atoms with Crippen LogP contribution in [0, 0.1) is 5.82 Å². The minimum Gasteiger partial charge on any atom is -0.483 e. The monoisotopic (exact) mass is 476 g/mol. The Kier molecular flexibility index (Phi) is 7.59. The van der Waals surface area contributed by atoms with Crippen LogP contribution in [-0.2, 0) is 17.9 Å². The van der Waals surface area contributed by atoms with Gasteiger partial charge in [0.25, 0.3) is 0 Å². The minimum absolute atomic E-state index is 0.0267. The van der Waals surface area contributed by atoms with Crippen molar-refractivity contribution in [3.8, 4) is 5.75 Å². The van der Waals surface area contributed by atoms with Gasteiger partial charge >= 0.3 is 0 Å².